The Morgan fingerprint density at radius 3 is 2.71 bits per heavy atom. The smallest absolute Gasteiger partial charge is 0.101 e. The largest absolute Gasteiger partial charge is 0.344 e. The highest BCUT2D eigenvalue weighted by molar-refractivity contribution is 6.31. The van der Waals surface area contributed by atoms with E-state index in [1.807, 2.05) is 25.1 Å². The van der Waals surface area contributed by atoms with E-state index in [-0.39, 0.29) is 0 Å². The molecule has 0 atom stereocenters. The average Bonchev–Trinajstić information content (AvgIpc) is 2.35. The minimum absolute atomic E-state index is 0.405. The third-order valence-corrected chi connectivity index (χ3v) is 3.72. The van der Waals surface area contributed by atoms with Crippen LogP contribution in [0.1, 0.15) is 37.7 Å². The zero-order valence-corrected chi connectivity index (χ0v) is 11.0. The highest BCUT2D eigenvalue weighted by atomic mass is 35.5. The van der Waals surface area contributed by atoms with E-state index in [9.17, 15) is 0 Å². The molecule has 92 valence electrons. The number of anilines is 1. The molecule has 0 unspecified atom stereocenters. The molecule has 0 saturated heterocycles. The number of hydrogen-bond donors (Lipinski definition) is 2. The fourth-order valence-electron chi connectivity index (χ4n) is 2.37. The zero-order valence-electron chi connectivity index (χ0n) is 10.2. The van der Waals surface area contributed by atoms with Crippen molar-refractivity contribution >= 4 is 23.1 Å². The second-order valence-electron chi connectivity index (χ2n) is 4.83. The third kappa shape index (κ3) is 3.22. The molecule has 1 aliphatic carbocycles. The van der Waals surface area contributed by atoms with Crippen molar-refractivity contribution in [2.75, 3.05) is 5.32 Å². The molecule has 1 fully saturated rings. The molecule has 0 spiro atoms. The summed E-state index contributed by atoms with van der Waals surface area (Å²) in [5, 5.41) is 12.1. The fraction of sp³-hybridized carbons (Fsp3) is 0.500. The van der Waals surface area contributed by atoms with Crippen LogP contribution in [-0.4, -0.2) is 5.84 Å². The van der Waals surface area contributed by atoms with E-state index in [2.05, 4.69) is 5.32 Å². The predicted molar refractivity (Wildman–Crippen MR) is 74.1 cm³/mol. The van der Waals surface area contributed by atoms with Gasteiger partial charge in [0.1, 0.15) is 5.84 Å². The number of benzene rings is 1. The number of amidine groups is 1. The molecule has 2 N–H and O–H groups in total. The summed E-state index contributed by atoms with van der Waals surface area (Å²) in [6.07, 6.45) is 6.11. The average molecular weight is 251 g/mol. The molecule has 1 aromatic rings. The minimum atomic E-state index is 0.405. The summed E-state index contributed by atoms with van der Waals surface area (Å²) in [7, 11) is 0. The highest BCUT2D eigenvalue weighted by Crippen LogP contribution is 2.26. The topological polar surface area (TPSA) is 35.9 Å². The Morgan fingerprint density at radius 2 is 2.00 bits per heavy atom. The Hall–Kier alpha value is -1.02. The first-order valence-electron chi connectivity index (χ1n) is 6.28. The van der Waals surface area contributed by atoms with Crippen LogP contribution in [0.15, 0.2) is 18.2 Å². The number of halogens is 1. The molecule has 2 nitrogen and oxygen atoms in total. The van der Waals surface area contributed by atoms with Crippen molar-refractivity contribution in [2.45, 2.75) is 39.0 Å². The van der Waals surface area contributed by atoms with Crippen molar-refractivity contribution in [2.24, 2.45) is 5.92 Å². The van der Waals surface area contributed by atoms with Gasteiger partial charge in [0, 0.05) is 16.6 Å². The molecule has 0 heterocycles. The Kier molecular flexibility index (Phi) is 4.06. The van der Waals surface area contributed by atoms with Gasteiger partial charge in [0.2, 0.25) is 0 Å². The van der Waals surface area contributed by atoms with Crippen LogP contribution in [0.5, 0.6) is 0 Å². The minimum Gasteiger partial charge on any atom is -0.344 e. The zero-order chi connectivity index (χ0) is 12.3. The summed E-state index contributed by atoms with van der Waals surface area (Å²) < 4.78 is 0. The van der Waals surface area contributed by atoms with Gasteiger partial charge in [0.15, 0.2) is 0 Å². The first kappa shape index (κ1) is 12.4. The van der Waals surface area contributed by atoms with Crippen molar-refractivity contribution in [1.82, 2.24) is 0 Å². The lowest BCUT2D eigenvalue weighted by atomic mass is 9.88. The molecular weight excluding hydrogens is 232 g/mol. The number of nitrogens with one attached hydrogen (secondary N) is 2. The van der Waals surface area contributed by atoms with Crippen molar-refractivity contribution in [1.29, 1.82) is 5.41 Å². The van der Waals surface area contributed by atoms with Crippen LogP contribution in [0, 0.1) is 18.3 Å². The Bertz CT molecular complexity index is 409. The molecule has 1 aliphatic rings. The van der Waals surface area contributed by atoms with Crippen molar-refractivity contribution < 1.29 is 0 Å². The Balaban J connectivity index is 2.04. The molecule has 0 amide bonds. The summed E-state index contributed by atoms with van der Waals surface area (Å²) in [4.78, 5) is 0. The van der Waals surface area contributed by atoms with Crippen LogP contribution in [0.25, 0.3) is 0 Å². The Labute approximate surface area is 108 Å². The SMILES string of the molecule is Cc1ccc(Cl)cc1NC(=N)C1CCCCC1. The summed E-state index contributed by atoms with van der Waals surface area (Å²) >= 11 is 5.98. The highest BCUT2D eigenvalue weighted by Gasteiger charge is 2.18. The summed E-state index contributed by atoms with van der Waals surface area (Å²) in [6, 6.07) is 5.76. The summed E-state index contributed by atoms with van der Waals surface area (Å²) in [5.74, 6) is 1.05. The van der Waals surface area contributed by atoms with E-state index in [4.69, 9.17) is 17.0 Å². The second kappa shape index (κ2) is 5.54. The van der Waals surface area contributed by atoms with Crippen molar-refractivity contribution in [3.63, 3.8) is 0 Å². The van der Waals surface area contributed by atoms with Gasteiger partial charge >= 0.3 is 0 Å². The van der Waals surface area contributed by atoms with Crippen LogP contribution in [-0.2, 0) is 0 Å². The maximum absolute atomic E-state index is 8.13. The maximum Gasteiger partial charge on any atom is 0.101 e. The first-order chi connectivity index (χ1) is 8.16. The van der Waals surface area contributed by atoms with Gasteiger partial charge in [-0.1, -0.05) is 36.9 Å². The monoisotopic (exact) mass is 250 g/mol. The van der Waals surface area contributed by atoms with Crippen LogP contribution in [0.3, 0.4) is 0 Å². The van der Waals surface area contributed by atoms with Gasteiger partial charge < -0.3 is 5.32 Å². The molecular formula is C14H19ClN2. The third-order valence-electron chi connectivity index (χ3n) is 3.48. The lowest BCUT2D eigenvalue weighted by Crippen LogP contribution is -2.24. The van der Waals surface area contributed by atoms with Gasteiger partial charge in [-0.25, -0.2) is 0 Å². The normalized spacial score (nSPS) is 16.8. The van der Waals surface area contributed by atoms with E-state index in [1.54, 1.807) is 0 Å². The molecule has 2 rings (SSSR count). The molecule has 3 heteroatoms. The second-order valence-corrected chi connectivity index (χ2v) is 5.27. The first-order valence-corrected chi connectivity index (χ1v) is 6.66. The molecule has 1 aromatic carbocycles. The van der Waals surface area contributed by atoms with E-state index in [0.29, 0.717) is 11.8 Å². The van der Waals surface area contributed by atoms with E-state index in [1.165, 1.54) is 19.3 Å². The van der Waals surface area contributed by atoms with E-state index >= 15 is 0 Å². The molecule has 0 radical (unpaired) electrons. The van der Waals surface area contributed by atoms with E-state index in [0.717, 1.165) is 29.1 Å². The standard InChI is InChI=1S/C14H19ClN2/c1-10-7-8-12(15)9-13(10)17-14(16)11-5-3-2-4-6-11/h7-9,11H,2-6H2,1H3,(H2,16,17). The van der Waals surface area contributed by atoms with Crippen LogP contribution in [0.2, 0.25) is 5.02 Å². The lowest BCUT2D eigenvalue weighted by Gasteiger charge is -2.23. The van der Waals surface area contributed by atoms with Crippen LogP contribution in [0.4, 0.5) is 5.69 Å². The van der Waals surface area contributed by atoms with Crippen LogP contribution >= 0.6 is 11.6 Å². The predicted octanol–water partition coefficient (Wildman–Crippen LogP) is 4.62. The van der Waals surface area contributed by atoms with Gasteiger partial charge in [0.25, 0.3) is 0 Å². The van der Waals surface area contributed by atoms with Crippen molar-refractivity contribution in [3.8, 4) is 0 Å². The van der Waals surface area contributed by atoms with Crippen molar-refractivity contribution in [3.05, 3.63) is 28.8 Å². The van der Waals surface area contributed by atoms with Gasteiger partial charge in [-0.3, -0.25) is 5.41 Å². The lowest BCUT2D eigenvalue weighted by molar-refractivity contribution is 0.438. The number of aryl methyl sites for hydroxylation is 1. The number of hydrogen-bond acceptors (Lipinski definition) is 1. The quantitative estimate of drug-likeness (QED) is 0.583. The molecule has 1 saturated carbocycles. The van der Waals surface area contributed by atoms with Gasteiger partial charge in [-0.2, -0.15) is 0 Å². The van der Waals surface area contributed by atoms with E-state index < -0.39 is 0 Å². The molecule has 0 bridgehead atoms. The number of rotatable bonds is 2. The maximum atomic E-state index is 8.13. The fourth-order valence-corrected chi connectivity index (χ4v) is 2.54. The summed E-state index contributed by atoms with van der Waals surface area (Å²) in [6.45, 7) is 2.03. The molecule has 0 aliphatic heterocycles. The van der Waals surface area contributed by atoms with Crippen LogP contribution < -0.4 is 5.32 Å². The van der Waals surface area contributed by atoms with Gasteiger partial charge in [0.05, 0.1) is 0 Å². The molecule has 17 heavy (non-hydrogen) atoms. The van der Waals surface area contributed by atoms with Gasteiger partial charge in [-0.15, -0.1) is 0 Å². The molecule has 0 aromatic heterocycles. The van der Waals surface area contributed by atoms with Gasteiger partial charge in [-0.05, 0) is 37.5 Å². The summed E-state index contributed by atoms with van der Waals surface area (Å²) in [5.41, 5.74) is 2.10. The Morgan fingerprint density at radius 1 is 1.29 bits per heavy atom.